The molecule has 0 spiro atoms. The topological polar surface area (TPSA) is 175 Å². The number of fused-ring (bicyclic) bond motifs is 3. The average molecular weight is 588 g/mol. The number of rotatable bonds is 5. The zero-order valence-corrected chi connectivity index (χ0v) is 24.5. The normalized spacial score (nSPS) is 34.2. The van der Waals surface area contributed by atoms with E-state index in [-0.39, 0.29) is 40.0 Å². The predicted molar refractivity (Wildman–Crippen MR) is 147 cm³/mol. The summed E-state index contributed by atoms with van der Waals surface area (Å²) >= 11 is 0. The summed E-state index contributed by atoms with van der Waals surface area (Å²) < 4.78 is 23.3. The lowest BCUT2D eigenvalue weighted by molar-refractivity contribution is -0.295. The Morgan fingerprint density at radius 1 is 1.02 bits per heavy atom. The van der Waals surface area contributed by atoms with Gasteiger partial charge in [-0.25, -0.2) is 0 Å². The van der Waals surface area contributed by atoms with Crippen LogP contribution in [0.25, 0.3) is 0 Å². The van der Waals surface area contributed by atoms with Gasteiger partial charge in [-0.3, -0.25) is 9.59 Å². The Balaban J connectivity index is 1.69. The van der Waals surface area contributed by atoms with Gasteiger partial charge in [0.2, 0.25) is 5.78 Å². The number of carbonyl (C=O) groups is 2. The van der Waals surface area contributed by atoms with Crippen molar-refractivity contribution < 1.29 is 54.1 Å². The monoisotopic (exact) mass is 587 g/mol. The molecule has 1 heterocycles. The minimum atomic E-state index is -1.98. The first-order chi connectivity index (χ1) is 19.6. The summed E-state index contributed by atoms with van der Waals surface area (Å²) in [5.74, 6) is -2.63. The number of phenols is 2. The highest BCUT2D eigenvalue weighted by molar-refractivity contribution is 6.31. The summed E-state index contributed by atoms with van der Waals surface area (Å²) in [5.41, 5.74) is -4.00. The number of nitrogens with zero attached hydrogens (tertiary/aromatic N) is 1. The average Bonchev–Trinajstić information content (AvgIpc) is 2.92. The van der Waals surface area contributed by atoms with E-state index >= 15 is 0 Å². The highest BCUT2D eigenvalue weighted by atomic mass is 16.7. The summed E-state index contributed by atoms with van der Waals surface area (Å²) in [7, 11) is 6.25. The van der Waals surface area contributed by atoms with Crippen LogP contribution >= 0.6 is 0 Å². The summed E-state index contributed by atoms with van der Waals surface area (Å²) in [6, 6.07) is 3.81. The van der Waals surface area contributed by atoms with Gasteiger partial charge in [0, 0.05) is 24.7 Å². The van der Waals surface area contributed by atoms with Crippen molar-refractivity contribution in [3.8, 4) is 17.2 Å². The van der Waals surface area contributed by atoms with E-state index < -0.39 is 76.6 Å². The number of carbonyl (C=O) groups excluding carboxylic acids is 2. The molecule has 228 valence electrons. The molecule has 42 heavy (non-hydrogen) atoms. The van der Waals surface area contributed by atoms with E-state index in [1.165, 1.54) is 39.3 Å². The highest BCUT2D eigenvalue weighted by Crippen LogP contribution is 2.53. The van der Waals surface area contributed by atoms with Crippen LogP contribution in [0.5, 0.6) is 17.2 Å². The number of methoxy groups -OCH3 is 2. The van der Waals surface area contributed by atoms with E-state index in [1.54, 1.807) is 6.92 Å². The number of ether oxygens (including phenoxy) is 4. The fourth-order valence-electron chi connectivity index (χ4n) is 6.54. The third kappa shape index (κ3) is 4.16. The highest BCUT2D eigenvalue weighted by Gasteiger charge is 2.55. The minimum Gasteiger partial charge on any atom is -0.507 e. The molecular weight excluding hydrogens is 550 g/mol. The minimum absolute atomic E-state index is 0.0440. The molecule has 5 N–H and O–H groups in total. The van der Waals surface area contributed by atoms with E-state index in [4.69, 9.17) is 18.9 Å². The summed E-state index contributed by atoms with van der Waals surface area (Å²) in [5, 5.41) is 56.0. The summed E-state index contributed by atoms with van der Waals surface area (Å²) in [6.45, 7) is 4.88. The van der Waals surface area contributed by atoms with Gasteiger partial charge in [0.05, 0.1) is 41.5 Å². The molecule has 0 amide bonds. The summed E-state index contributed by atoms with van der Waals surface area (Å²) in [4.78, 5) is 29.3. The van der Waals surface area contributed by atoms with Gasteiger partial charge in [-0.2, -0.15) is 0 Å². The second-order valence-corrected chi connectivity index (χ2v) is 11.9. The molecule has 0 bridgehead atoms. The first-order valence-corrected chi connectivity index (χ1v) is 13.6. The van der Waals surface area contributed by atoms with Gasteiger partial charge < -0.3 is 49.4 Å². The van der Waals surface area contributed by atoms with Crippen molar-refractivity contribution in [2.75, 3.05) is 28.3 Å². The molecule has 0 aromatic heterocycles. The van der Waals surface area contributed by atoms with Crippen molar-refractivity contribution >= 4 is 11.6 Å². The lowest BCUT2D eigenvalue weighted by Crippen LogP contribution is -2.62. The molecule has 12 heteroatoms. The molecule has 2 aromatic rings. The van der Waals surface area contributed by atoms with Crippen LogP contribution in [0.2, 0.25) is 0 Å². The zero-order chi connectivity index (χ0) is 31.0. The van der Waals surface area contributed by atoms with E-state index in [2.05, 4.69) is 0 Å². The molecule has 0 unspecified atom stereocenters. The predicted octanol–water partition coefficient (Wildman–Crippen LogP) is 1.57. The zero-order valence-electron chi connectivity index (χ0n) is 24.5. The number of hydrogen-bond acceptors (Lipinski definition) is 12. The Bertz CT molecular complexity index is 1450. The molecule has 0 saturated carbocycles. The second kappa shape index (κ2) is 10.3. The standard InChI is InChI=1S/C30H37NO11/c1-12-26(36)29(2,31(4)5)11-17(41-12)42-25-19-14(27(37)30(3,38)28(25)40-7)10-13-18(23(19)34)24(35)20-15(32)8-9-16(39-6)21(20)22(13)33/h8-10,12,17,25-28,32,34,36-38H,11H2,1-7H3/t12-,17+,25-,26-,27+,28+,29-,30-/m1/s1. The van der Waals surface area contributed by atoms with Crippen LogP contribution in [0.15, 0.2) is 18.2 Å². The van der Waals surface area contributed by atoms with Crippen LogP contribution in [-0.4, -0.2) is 106 Å². The molecule has 1 aliphatic heterocycles. The molecule has 3 aliphatic rings. The number of aliphatic hydroxyl groups is 3. The van der Waals surface area contributed by atoms with Gasteiger partial charge >= 0.3 is 0 Å². The quantitative estimate of drug-likeness (QED) is 0.292. The van der Waals surface area contributed by atoms with Gasteiger partial charge in [-0.05, 0) is 58.6 Å². The van der Waals surface area contributed by atoms with Crippen LogP contribution in [0, 0.1) is 0 Å². The lowest BCUT2D eigenvalue weighted by Gasteiger charge is -2.51. The van der Waals surface area contributed by atoms with Crippen molar-refractivity contribution in [2.24, 2.45) is 0 Å². The lowest BCUT2D eigenvalue weighted by atomic mass is 9.71. The van der Waals surface area contributed by atoms with Crippen molar-refractivity contribution in [3.63, 3.8) is 0 Å². The third-order valence-corrected chi connectivity index (χ3v) is 9.25. The number of hydrogen-bond donors (Lipinski definition) is 5. The third-order valence-electron chi connectivity index (χ3n) is 9.25. The van der Waals surface area contributed by atoms with Crippen molar-refractivity contribution in [1.29, 1.82) is 0 Å². The number of phenolic OH excluding ortho intramolecular Hbond substituents is 2. The number of aromatic hydroxyl groups is 2. The SMILES string of the molecule is COc1ccc(O)c2c1C(=O)c1cc3c(c(O)c1C2=O)[C@@H](O[C@H]1C[C@@](C)(N(C)C)[C@H](O)[C@@H](C)O1)[C@H](OC)[C@](C)(O)[C@H]3O. The molecule has 0 radical (unpaired) electrons. The molecule has 1 fully saturated rings. The van der Waals surface area contributed by atoms with Crippen molar-refractivity contribution in [1.82, 2.24) is 4.90 Å². The fraction of sp³-hybridized carbons (Fsp3) is 0.533. The first kappa shape index (κ1) is 30.4. The van der Waals surface area contributed by atoms with E-state index in [0.717, 1.165) is 0 Å². The van der Waals surface area contributed by atoms with Crippen LogP contribution in [0.3, 0.4) is 0 Å². The Morgan fingerprint density at radius 2 is 1.69 bits per heavy atom. The van der Waals surface area contributed by atoms with E-state index in [0.29, 0.717) is 0 Å². The largest absolute Gasteiger partial charge is 0.507 e. The van der Waals surface area contributed by atoms with E-state index in [1.807, 2.05) is 25.9 Å². The maximum atomic E-state index is 13.8. The fourth-order valence-corrected chi connectivity index (χ4v) is 6.54. The smallest absolute Gasteiger partial charge is 0.202 e. The van der Waals surface area contributed by atoms with Gasteiger partial charge in [0.25, 0.3) is 0 Å². The molecule has 1 saturated heterocycles. The van der Waals surface area contributed by atoms with Crippen LogP contribution in [-0.2, 0) is 14.2 Å². The van der Waals surface area contributed by atoms with Gasteiger partial charge in [-0.1, -0.05) is 0 Å². The molecule has 12 nitrogen and oxygen atoms in total. The first-order valence-electron chi connectivity index (χ1n) is 13.6. The van der Waals surface area contributed by atoms with Crippen molar-refractivity contribution in [3.05, 3.63) is 51.6 Å². The molecular formula is C30H37NO11. The molecule has 2 aliphatic carbocycles. The number of ketones is 2. The number of benzene rings is 2. The number of aliphatic hydroxyl groups excluding tert-OH is 2. The Labute approximate surface area is 243 Å². The second-order valence-electron chi connectivity index (χ2n) is 11.9. The van der Waals surface area contributed by atoms with Crippen molar-refractivity contribution in [2.45, 2.75) is 75.1 Å². The van der Waals surface area contributed by atoms with Crippen LogP contribution < -0.4 is 4.74 Å². The molecule has 8 atom stereocenters. The molecule has 2 aromatic carbocycles. The number of likely N-dealkylation sites (N-methyl/N-ethyl adjacent to an activating group) is 1. The van der Waals surface area contributed by atoms with Crippen LogP contribution in [0.1, 0.15) is 82.4 Å². The van der Waals surface area contributed by atoms with Gasteiger partial charge in [0.15, 0.2) is 12.1 Å². The Kier molecular flexibility index (Phi) is 7.42. The Hall–Kier alpha value is -3.10. The molecule has 5 rings (SSSR count). The van der Waals surface area contributed by atoms with Crippen LogP contribution in [0.4, 0.5) is 0 Å². The maximum Gasteiger partial charge on any atom is 0.202 e. The summed E-state index contributed by atoms with van der Waals surface area (Å²) in [6.07, 6.45) is -6.53. The Morgan fingerprint density at radius 3 is 2.29 bits per heavy atom. The maximum absolute atomic E-state index is 13.8. The van der Waals surface area contributed by atoms with E-state index in [9.17, 15) is 35.1 Å². The van der Waals surface area contributed by atoms with Gasteiger partial charge in [-0.15, -0.1) is 0 Å². The van der Waals surface area contributed by atoms with Gasteiger partial charge in [0.1, 0.15) is 41.2 Å².